The highest BCUT2D eigenvalue weighted by Gasteiger charge is 2.17. The SMILES string of the molecule is CC(C)(C)Oc1ccc2c(N3CCOCC3)ncnc2c1. The lowest BCUT2D eigenvalue weighted by Crippen LogP contribution is -2.36. The van der Waals surface area contributed by atoms with E-state index in [1.807, 2.05) is 39.0 Å². The summed E-state index contributed by atoms with van der Waals surface area (Å²) < 4.78 is 11.3. The summed E-state index contributed by atoms with van der Waals surface area (Å²) in [5.41, 5.74) is 0.696. The fourth-order valence-corrected chi connectivity index (χ4v) is 2.47. The Morgan fingerprint density at radius 2 is 1.90 bits per heavy atom. The van der Waals surface area contributed by atoms with Crippen LogP contribution < -0.4 is 9.64 Å². The standard InChI is InChI=1S/C16H21N3O2/c1-16(2,3)21-12-4-5-13-14(10-12)17-11-18-15(13)19-6-8-20-9-7-19/h4-5,10-11H,6-9H2,1-3H3. The lowest BCUT2D eigenvalue weighted by molar-refractivity contribution is 0.122. The van der Waals surface area contributed by atoms with Crippen molar-refractivity contribution in [3.63, 3.8) is 0 Å². The predicted molar refractivity (Wildman–Crippen MR) is 83.0 cm³/mol. The lowest BCUT2D eigenvalue weighted by atomic mass is 10.1. The molecular formula is C16H21N3O2. The van der Waals surface area contributed by atoms with Crippen molar-refractivity contribution in [3.8, 4) is 5.75 Å². The van der Waals surface area contributed by atoms with E-state index in [9.17, 15) is 0 Å². The van der Waals surface area contributed by atoms with Gasteiger partial charge in [-0.2, -0.15) is 0 Å². The number of nitrogens with zero attached hydrogens (tertiary/aromatic N) is 3. The maximum atomic E-state index is 5.90. The van der Waals surface area contributed by atoms with Crippen LogP contribution in [-0.2, 0) is 4.74 Å². The van der Waals surface area contributed by atoms with E-state index in [0.29, 0.717) is 0 Å². The van der Waals surface area contributed by atoms with Crippen molar-refractivity contribution in [3.05, 3.63) is 24.5 Å². The van der Waals surface area contributed by atoms with Crippen LogP contribution in [0.25, 0.3) is 10.9 Å². The highest BCUT2D eigenvalue weighted by atomic mass is 16.5. The van der Waals surface area contributed by atoms with Crippen LogP contribution >= 0.6 is 0 Å². The Balaban J connectivity index is 1.96. The van der Waals surface area contributed by atoms with E-state index in [0.717, 1.165) is 48.8 Å². The smallest absolute Gasteiger partial charge is 0.140 e. The van der Waals surface area contributed by atoms with Crippen LogP contribution in [0.5, 0.6) is 5.75 Å². The second kappa shape index (κ2) is 5.48. The van der Waals surface area contributed by atoms with E-state index in [2.05, 4.69) is 14.9 Å². The molecule has 0 atom stereocenters. The van der Waals surface area contributed by atoms with Crippen molar-refractivity contribution >= 4 is 16.7 Å². The molecule has 21 heavy (non-hydrogen) atoms. The number of hydrogen-bond acceptors (Lipinski definition) is 5. The molecule has 1 saturated heterocycles. The zero-order valence-electron chi connectivity index (χ0n) is 12.8. The minimum atomic E-state index is -0.215. The summed E-state index contributed by atoms with van der Waals surface area (Å²) in [4.78, 5) is 11.1. The highest BCUT2D eigenvalue weighted by molar-refractivity contribution is 5.90. The molecule has 2 aromatic rings. The van der Waals surface area contributed by atoms with Crippen molar-refractivity contribution in [1.82, 2.24) is 9.97 Å². The third-order valence-electron chi connectivity index (χ3n) is 3.32. The fraction of sp³-hybridized carbons (Fsp3) is 0.500. The Hall–Kier alpha value is -1.88. The number of fused-ring (bicyclic) bond motifs is 1. The molecule has 0 amide bonds. The third kappa shape index (κ3) is 3.24. The fourth-order valence-electron chi connectivity index (χ4n) is 2.47. The number of benzene rings is 1. The van der Waals surface area contributed by atoms with Gasteiger partial charge in [-0.1, -0.05) is 0 Å². The minimum Gasteiger partial charge on any atom is -0.488 e. The summed E-state index contributed by atoms with van der Waals surface area (Å²) in [7, 11) is 0. The maximum absolute atomic E-state index is 5.90. The molecular weight excluding hydrogens is 266 g/mol. The molecule has 0 spiro atoms. The summed E-state index contributed by atoms with van der Waals surface area (Å²) in [5, 5.41) is 1.06. The zero-order chi connectivity index (χ0) is 14.9. The molecule has 0 radical (unpaired) electrons. The van der Waals surface area contributed by atoms with Crippen molar-refractivity contribution in [2.45, 2.75) is 26.4 Å². The van der Waals surface area contributed by atoms with Crippen LogP contribution in [0.2, 0.25) is 0 Å². The first-order valence-electron chi connectivity index (χ1n) is 7.29. The minimum absolute atomic E-state index is 0.215. The average molecular weight is 287 g/mol. The van der Waals surface area contributed by atoms with Gasteiger partial charge in [0.1, 0.15) is 23.5 Å². The number of ether oxygens (including phenoxy) is 2. The monoisotopic (exact) mass is 287 g/mol. The molecule has 5 nitrogen and oxygen atoms in total. The third-order valence-corrected chi connectivity index (χ3v) is 3.32. The van der Waals surface area contributed by atoms with E-state index in [4.69, 9.17) is 9.47 Å². The van der Waals surface area contributed by atoms with Crippen LogP contribution in [0.15, 0.2) is 24.5 Å². The van der Waals surface area contributed by atoms with Crippen molar-refractivity contribution in [2.75, 3.05) is 31.2 Å². The van der Waals surface area contributed by atoms with Crippen LogP contribution in [0.4, 0.5) is 5.82 Å². The first-order valence-corrected chi connectivity index (χ1v) is 7.29. The van der Waals surface area contributed by atoms with Gasteiger partial charge < -0.3 is 14.4 Å². The molecule has 1 aromatic carbocycles. The quantitative estimate of drug-likeness (QED) is 0.850. The van der Waals surface area contributed by atoms with E-state index >= 15 is 0 Å². The van der Waals surface area contributed by atoms with Crippen LogP contribution in [0.1, 0.15) is 20.8 Å². The molecule has 1 fully saturated rings. The normalized spacial score (nSPS) is 16.2. The molecule has 0 bridgehead atoms. The first-order chi connectivity index (χ1) is 10.0. The number of hydrogen-bond donors (Lipinski definition) is 0. The largest absolute Gasteiger partial charge is 0.488 e. The van der Waals surface area contributed by atoms with Crippen LogP contribution in [0.3, 0.4) is 0 Å². The Bertz CT molecular complexity index is 631. The van der Waals surface area contributed by atoms with Crippen molar-refractivity contribution in [2.24, 2.45) is 0 Å². The molecule has 2 heterocycles. The van der Waals surface area contributed by atoms with E-state index < -0.39 is 0 Å². The molecule has 0 saturated carbocycles. The molecule has 0 aliphatic carbocycles. The molecule has 1 aliphatic heterocycles. The van der Waals surface area contributed by atoms with E-state index in [1.54, 1.807) is 6.33 Å². The number of anilines is 1. The van der Waals surface area contributed by atoms with Crippen molar-refractivity contribution < 1.29 is 9.47 Å². The van der Waals surface area contributed by atoms with Gasteiger partial charge in [0.25, 0.3) is 0 Å². The highest BCUT2D eigenvalue weighted by Crippen LogP contribution is 2.28. The molecule has 112 valence electrons. The second-order valence-electron chi connectivity index (χ2n) is 6.19. The summed E-state index contributed by atoms with van der Waals surface area (Å²) >= 11 is 0. The van der Waals surface area contributed by atoms with Gasteiger partial charge in [0.05, 0.1) is 18.7 Å². The summed E-state index contributed by atoms with van der Waals surface area (Å²) in [6, 6.07) is 6.01. The Labute approximate surface area is 124 Å². The van der Waals surface area contributed by atoms with Gasteiger partial charge in [-0.05, 0) is 32.9 Å². The molecule has 1 aromatic heterocycles. The van der Waals surface area contributed by atoms with Gasteiger partial charge in [-0.3, -0.25) is 0 Å². The Kier molecular flexibility index (Phi) is 3.68. The van der Waals surface area contributed by atoms with E-state index in [-0.39, 0.29) is 5.60 Å². The summed E-state index contributed by atoms with van der Waals surface area (Å²) in [5.74, 6) is 1.81. The Morgan fingerprint density at radius 3 is 2.62 bits per heavy atom. The van der Waals surface area contributed by atoms with Crippen LogP contribution in [0, 0.1) is 0 Å². The van der Waals surface area contributed by atoms with Gasteiger partial charge in [-0.15, -0.1) is 0 Å². The molecule has 3 rings (SSSR count). The van der Waals surface area contributed by atoms with Gasteiger partial charge >= 0.3 is 0 Å². The summed E-state index contributed by atoms with van der Waals surface area (Å²) in [6.45, 7) is 9.34. The van der Waals surface area contributed by atoms with Gasteiger partial charge in [0.15, 0.2) is 0 Å². The number of rotatable bonds is 2. The molecule has 5 heteroatoms. The van der Waals surface area contributed by atoms with Gasteiger partial charge in [-0.25, -0.2) is 9.97 Å². The van der Waals surface area contributed by atoms with Gasteiger partial charge in [0.2, 0.25) is 0 Å². The Morgan fingerprint density at radius 1 is 1.14 bits per heavy atom. The molecule has 0 unspecified atom stereocenters. The van der Waals surface area contributed by atoms with E-state index in [1.165, 1.54) is 0 Å². The molecule has 0 N–H and O–H groups in total. The topological polar surface area (TPSA) is 47.5 Å². The lowest BCUT2D eigenvalue weighted by Gasteiger charge is -2.28. The second-order valence-corrected chi connectivity index (χ2v) is 6.19. The summed E-state index contributed by atoms with van der Waals surface area (Å²) in [6.07, 6.45) is 1.62. The first kappa shape index (κ1) is 14.1. The van der Waals surface area contributed by atoms with Crippen LogP contribution in [-0.4, -0.2) is 41.9 Å². The number of morpholine rings is 1. The van der Waals surface area contributed by atoms with Gasteiger partial charge in [0, 0.05) is 24.5 Å². The number of aromatic nitrogens is 2. The predicted octanol–water partition coefficient (Wildman–Crippen LogP) is 2.64. The molecule has 1 aliphatic rings. The van der Waals surface area contributed by atoms with Crippen molar-refractivity contribution in [1.29, 1.82) is 0 Å². The zero-order valence-corrected chi connectivity index (χ0v) is 12.8. The maximum Gasteiger partial charge on any atom is 0.140 e. The average Bonchev–Trinajstić information content (AvgIpc) is 2.45.